The zero-order valence-corrected chi connectivity index (χ0v) is 22.6. The van der Waals surface area contributed by atoms with E-state index < -0.39 is 10.0 Å². The predicted molar refractivity (Wildman–Crippen MR) is 145 cm³/mol. The molecule has 1 saturated heterocycles. The van der Waals surface area contributed by atoms with Gasteiger partial charge >= 0.3 is 0 Å². The molecule has 1 aliphatic carbocycles. The van der Waals surface area contributed by atoms with Crippen LogP contribution in [0.5, 0.6) is 5.75 Å². The molecule has 3 aromatic rings. The average molecular weight is 535 g/mol. The first kappa shape index (κ1) is 25.3. The molecule has 2 aliphatic heterocycles. The van der Waals surface area contributed by atoms with Crippen molar-refractivity contribution in [1.82, 2.24) is 9.21 Å². The zero-order valence-electron chi connectivity index (χ0n) is 21.8. The summed E-state index contributed by atoms with van der Waals surface area (Å²) in [6, 6.07) is 17.3. The normalized spacial score (nSPS) is 19.8. The van der Waals surface area contributed by atoms with Crippen LogP contribution in [0, 0.1) is 12.8 Å². The second kappa shape index (κ2) is 9.98. The minimum atomic E-state index is -3.50. The molecule has 3 heterocycles. The number of sulfonamides is 1. The highest BCUT2D eigenvalue weighted by Crippen LogP contribution is 2.52. The Balaban J connectivity index is 1.03. The van der Waals surface area contributed by atoms with E-state index in [0.717, 1.165) is 18.7 Å². The van der Waals surface area contributed by atoms with Gasteiger partial charge < -0.3 is 9.15 Å². The summed E-state index contributed by atoms with van der Waals surface area (Å²) in [5.74, 6) is 1.04. The van der Waals surface area contributed by atoms with Crippen LogP contribution in [0.3, 0.4) is 0 Å². The van der Waals surface area contributed by atoms with Crippen molar-refractivity contribution in [1.29, 1.82) is 0 Å². The molecule has 200 valence electrons. The zero-order chi connectivity index (χ0) is 26.3. The molecular weight excluding hydrogens is 500 g/mol. The number of ether oxygens (including phenoxy) is 1. The van der Waals surface area contributed by atoms with Crippen molar-refractivity contribution in [2.45, 2.75) is 56.0 Å². The highest BCUT2D eigenvalue weighted by atomic mass is 32.2. The van der Waals surface area contributed by atoms with Crippen molar-refractivity contribution < 1.29 is 17.6 Å². The third-order valence-electron chi connectivity index (χ3n) is 8.35. The summed E-state index contributed by atoms with van der Waals surface area (Å²) in [6.07, 6.45) is 5.24. The van der Waals surface area contributed by atoms with Gasteiger partial charge in [-0.3, -0.25) is 9.69 Å². The Kier molecular flexibility index (Phi) is 6.66. The van der Waals surface area contributed by atoms with E-state index in [0.29, 0.717) is 49.7 Å². The standard InChI is InChI=1S/C30H34N2O5S/c1-22-6-2-5-9-29(22)38(34,35)32-14-10-23(11-15-32)19-37-28-20-36-25(16-27(28)33)18-31-17-24-7-3-4-8-26(24)30(21-31)12-13-30/h2-9,16,20,23H,10-15,17-19,21H2,1H3. The van der Waals surface area contributed by atoms with E-state index in [2.05, 4.69) is 29.2 Å². The molecule has 0 N–H and O–H groups in total. The van der Waals surface area contributed by atoms with Crippen molar-refractivity contribution >= 4 is 10.0 Å². The van der Waals surface area contributed by atoms with Gasteiger partial charge in [-0.25, -0.2) is 8.42 Å². The van der Waals surface area contributed by atoms with Gasteiger partial charge in [-0.1, -0.05) is 42.5 Å². The van der Waals surface area contributed by atoms with Crippen molar-refractivity contribution in [2.24, 2.45) is 5.92 Å². The third kappa shape index (κ3) is 4.93. The van der Waals surface area contributed by atoms with Crippen LogP contribution in [0.15, 0.2) is 75.0 Å². The van der Waals surface area contributed by atoms with Gasteiger partial charge in [0.2, 0.25) is 21.2 Å². The second-order valence-corrected chi connectivity index (χ2v) is 13.0. The molecule has 7 nitrogen and oxygen atoms in total. The second-order valence-electron chi connectivity index (χ2n) is 11.1. The number of benzene rings is 2. The molecule has 8 heteroatoms. The first-order valence-corrected chi connectivity index (χ1v) is 14.9. The number of hydrogen-bond donors (Lipinski definition) is 0. The minimum absolute atomic E-state index is 0.177. The van der Waals surface area contributed by atoms with E-state index in [1.165, 1.54) is 30.2 Å². The van der Waals surface area contributed by atoms with E-state index in [1.54, 1.807) is 22.5 Å². The molecule has 38 heavy (non-hydrogen) atoms. The molecule has 1 aromatic heterocycles. The maximum absolute atomic E-state index is 13.1. The minimum Gasteiger partial charge on any atom is -0.486 e. The van der Waals surface area contributed by atoms with E-state index >= 15 is 0 Å². The summed E-state index contributed by atoms with van der Waals surface area (Å²) in [5, 5.41) is 0. The number of hydrogen-bond acceptors (Lipinski definition) is 6. The van der Waals surface area contributed by atoms with Crippen LogP contribution in [0.2, 0.25) is 0 Å². The van der Waals surface area contributed by atoms with Gasteiger partial charge in [-0.15, -0.1) is 0 Å². The number of nitrogens with zero attached hydrogens (tertiary/aromatic N) is 2. The van der Waals surface area contributed by atoms with Gasteiger partial charge in [0.25, 0.3) is 0 Å². The summed E-state index contributed by atoms with van der Waals surface area (Å²) in [7, 11) is -3.50. The lowest BCUT2D eigenvalue weighted by molar-refractivity contribution is 0.177. The molecule has 2 aromatic carbocycles. The molecule has 0 bridgehead atoms. The van der Waals surface area contributed by atoms with Crippen LogP contribution in [0.4, 0.5) is 0 Å². The van der Waals surface area contributed by atoms with Crippen molar-refractivity contribution in [3.05, 3.63) is 93.5 Å². The van der Waals surface area contributed by atoms with Gasteiger partial charge in [0.15, 0.2) is 0 Å². The molecule has 1 saturated carbocycles. The SMILES string of the molecule is Cc1ccccc1S(=O)(=O)N1CCC(COc2coc(CN3Cc4ccccc4C4(CC4)C3)cc2=O)CC1. The summed E-state index contributed by atoms with van der Waals surface area (Å²) < 4.78 is 39.3. The lowest BCUT2D eigenvalue weighted by Crippen LogP contribution is -2.40. The number of fused-ring (bicyclic) bond motifs is 2. The molecule has 2 fully saturated rings. The Morgan fingerprint density at radius 3 is 2.53 bits per heavy atom. The molecule has 0 unspecified atom stereocenters. The smallest absolute Gasteiger partial charge is 0.243 e. The van der Waals surface area contributed by atoms with Crippen LogP contribution < -0.4 is 10.2 Å². The fraction of sp³-hybridized carbons (Fsp3) is 0.433. The maximum Gasteiger partial charge on any atom is 0.243 e. The molecule has 6 rings (SSSR count). The Labute approximate surface area is 224 Å². The summed E-state index contributed by atoms with van der Waals surface area (Å²) in [6.45, 7) is 5.52. The fourth-order valence-corrected chi connectivity index (χ4v) is 7.73. The Bertz CT molecular complexity index is 1490. The van der Waals surface area contributed by atoms with Crippen molar-refractivity contribution in [3.8, 4) is 5.75 Å². The predicted octanol–water partition coefficient (Wildman–Crippen LogP) is 4.48. The third-order valence-corrected chi connectivity index (χ3v) is 10.4. The molecule has 0 amide bonds. The quantitative estimate of drug-likeness (QED) is 0.445. The average Bonchev–Trinajstić information content (AvgIpc) is 3.68. The van der Waals surface area contributed by atoms with E-state index in [-0.39, 0.29) is 22.5 Å². The summed E-state index contributed by atoms with van der Waals surface area (Å²) in [5.41, 5.74) is 3.71. The largest absolute Gasteiger partial charge is 0.486 e. The van der Waals surface area contributed by atoms with Crippen LogP contribution in [0.1, 0.15) is 48.1 Å². The van der Waals surface area contributed by atoms with Crippen LogP contribution >= 0.6 is 0 Å². The van der Waals surface area contributed by atoms with Gasteiger partial charge in [0, 0.05) is 37.7 Å². The van der Waals surface area contributed by atoms with E-state index in [9.17, 15) is 13.2 Å². The van der Waals surface area contributed by atoms with Gasteiger partial charge in [0.05, 0.1) is 18.0 Å². The lowest BCUT2D eigenvalue weighted by atomic mass is 9.87. The van der Waals surface area contributed by atoms with Gasteiger partial charge in [0.1, 0.15) is 12.0 Å². The Morgan fingerprint density at radius 1 is 1.05 bits per heavy atom. The Morgan fingerprint density at radius 2 is 1.79 bits per heavy atom. The van der Waals surface area contributed by atoms with Crippen LogP contribution in [0.25, 0.3) is 0 Å². The molecule has 0 atom stereocenters. The highest BCUT2D eigenvalue weighted by Gasteiger charge is 2.48. The van der Waals surface area contributed by atoms with Crippen molar-refractivity contribution in [2.75, 3.05) is 26.2 Å². The van der Waals surface area contributed by atoms with E-state index in [4.69, 9.17) is 9.15 Å². The molecule has 0 radical (unpaired) electrons. The van der Waals surface area contributed by atoms with Gasteiger partial charge in [-0.2, -0.15) is 4.31 Å². The van der Waals surface area contributed by atoms with E-state index in [1.807, 2.05) is 19.1 Å². The van der Waals surface area contributed by atoms with Crippen molar-refractivity contribution in [3.63, 3.8) is 0 Å². The van der Waals surface area contributed by atoms with Crippen LogP contribution in [-0.4, -0.2) is 43.9 Å². The lowest BCUT2D eigenvalue weighted by Gasteiger charge is -2.34. The Hall–Kier alpha value is -2.94. The highest BCUT2D eigenvalue weighted by molar-refractivity contribution is 7.89. The first-order chi connectivity index (χ1) is 18.3. The maximum atomic E-state index is 13.1. The monoisotopic (exact) mass is 534 g/mol. The number of aryl methyl sites for hydroxylation is 1. The molecule has 3 aliphatic rings. The fourth-order valence-electron chi connectivity index (χ4n) is 6.03. The molecular formula is C30H34N2O5S. The van der Waals surface area contributed by atoms with Crippen LogP contribution in [-0.2, 0) is 28.5 Å². The first-order valence-electron chi connectivity index (χ1n) is 13.5. The molecule has 1 spiro atoms. The summed E-state index contributed by atoms with van der Waals surface area (Å²) >= 11 is 0. The van der Waals surface area contributed by atoms with Gasteiger partial charge in [-0.05, 0) is 61.3 Å². The topological polar surface area (TPSA) is 80.1 Å². The number of piperidine rings is 1. The summed E-state index contributed by atoms with van der Waals surface area (Å²) in [4.78, 5) is 15.5. The number of rotatable bonds is 7.